The second-order valence-corrected chi connectivity index (χ2v) is 7.28. The maximum Gasteiger partial charge on any atom is 0.285 e. The number of hydrogen-bond donors (Lipinski definition) is 0. The van der Waals surface area contributed by atoms with Crippen molar-refractivity contribution < 1.29 is 14.5 Å². The van der Waals surface area contributed by atoms with E-state index in [1.807, 2.05) is 6.92 Å². The van der Waals surface area contributed by atoms with Crippen LogP contribution >= 0.6 is 0 Å². The molecule has 2 fully saturated rings. The predicted molar refractivity (Wildman–Crippen MR) is 94.6 cm³/mol. The van der Waals surface area contributed by atoms with Gasteiger partial charge in [-0.05, 0) is 39.2 Å². The van der Waals surface area contributed by atoms with Gasteiger partial charge in [0.05, 0.1) is 11.0 Å². The summed E-state index contributed by atoms with van der Waals surface area (Å²) in [7, 11) is 1.78. The van der Waals surface area contributed by atoms with Gasteiger partial charge in [-0.1, -0.05) is 25.0 Å². The molecule has 0 aromatic heterocycles. The fourth-order valence-corrected chi connectivity index (χ4v) is 4.80. The topological polar surface area (TPSA) is 72.7 Å². The minimum atomic E-state index is -0.453. The van der Waals surface area contributed by atoms with Crippen LogP contribution in [0.2, 0.25) is 0 Å². The molecule has 2 unspecified atom stereocenters. The Bertz CT molecular complexity index is 682. The highest BCUT2D eigenvalue weighted by molar-refractivity contribution is 5.98. The van der Waals surface area contributed by atoms with Crippen molar-refractivity contribution in [1.82, 2.24) is 4.90 Å². The van der Waals surface area contributed by atoms with Crippen molar-refractivity contribution in [2.45, 2.75) is 58.1 Å². The molecule has 0 saturated heterocycles. The maximum atomic E-state index is 13.0. The van der Waals surface area contributed by atoms with Crippen LogP contribution in [0.4, 0.5) is 5.69 Å². The van der Waals surface area contributed by atoms with Crippen molar-refractivity contribution in [3.05, 3.63) is 39.4 Å². The first kappa shape index (κ1) is 17.9. The van der Waals surface area contributed by atoms with Gasteiger partial charge in [-0.2, -0.15) is 0 Å². The molecule has 1 aromatic carbocycles. The van der Waals surface area contributed by atoms with Crippen LogP contribution in [-0.4, -0.2) is 41.5 Å². The Morgan fingerprint density at radius 3 is 2.68 bits per heavy atom. The summed E-state index contributed by atoms with van der Waals surface area (Å²) in [5.74, 6) is -0.262. The molecular formula is C19H26N2O4. The summed E-state index contributed by atoms with van der Waals surface area (Å²) in [5, 5.41) is 11.4. The lowest BCUT2D eigenvalue weighted by Crippen LogP contribution is -2.64. The van der Waals surface area contributed by atoms with Gasteiger partial charge in [0.1, 0.15) is 5.56 Å². The number of benzene rings is 1. The average Bonchev–Trinajstić information content (AvgIpc) is 3.09. The monoisotopic (exact) mass is 346 g/mol. The third-order valence-electron chi connectivity index (χ3n) is 6.08. The molecule has 6 heteroatoms. The van der Waals surface area contributed by atoms with Crippen LogP contribution in [0.1, 0.15) is 54.9 Å². The Hall–Kier alpha value is -1.95. The SMILES string of the molecule is CCOC1CC(N(C)C(=O)c2cccc(C)c2[N+](=O)[O-])C12CCCC2. The molecule has 1 spiro atoms. The van der Waals surface area contributed by atoms with Crippen LogP contribution in [0.3, 0.4) is 0 Å². The highest BCUT2D eigenvalue weighted by atomic mass is 16.6. The molecule has 3 rings (SSSR count). The highest BCUT2D eigenvalue weighted by Gasteiger charge is 2.59. The molecular weight excluding hydrogens is 320 g/mol. The second kappa shape index (κ2) is 6.75. The van der Waals surface area contributed by atoms with E-state index in [0.717, 1.165) is 32.1 Å². The molecule has 25 heavy (non-hydrogen) atoms. The third kappa shape index (κ3) is 2.82. The van der Waals surface area contributed by atoms with E-state index < -0.39 is 4.92 Å². The molecule has 0 radical (unpaired) electrons. The molecule has 136 valence electrons. The molecule has 0 N–H and O–H groups in total. The fourth-order valence-electron chi connectivity index (χ4n) is 4.80. The van der Waals surface area contributed by atoms with Gasteiger partial charge in [0.2, 0.25) is 0 Å². The molecule has 2 aliphatic carbocycles. The lowest BCUT2D eigenvalue weighted by molar-refractivity contribution is -0.385. The van der Waals surface area contributed by atoms with E-state index in [2.05, 4.69) is 0 Å². The number of carbonyl (C=O) groups is 1. The maximum absolute atomic E-state index is 13.0. The fraction of sp³-hybridized carbons (Fsp3) is 0.632. The predicted octanol–water partition coefficient (Wildman–Crippen LogP) is 3.71. The summed E-state index contributed by atoms with van der Waals surface area (Å²) in [6.45, 7) is 4.35. The number of nitro benzene ring substituents is 1. The molecule has 0 bridgehead atoms. The smallest absolute Gasteiger partial charge is 0.285 e. The molecule has 1 aromatic rings. The largest absolute Gasteiger partial charge is 0.378 e. The summed E-state index contributed by atoms with van der Waals surface area (Å²) in [5.41, 5.74) is 0.639. The van der Waals surface area contributed by atoms with Crippen molar-refractivity contribution in [1.29, 1.82) is 0 Å². The van der Waals surface area contributed by atoms with Gasteiger partial charge in [0, 0.05) is 30.7 Å². The van der Waals surface area contributed by atoms with Crippen LogP contribution in [0.25, 0.3) is 0 Å². The lowest BCUT2D eigenvalue weighted by Gasteiger charge is -2.56. The van der Waals surface area contributed by atoms with Gasteiger partial charge in [0.15, 0.2) is 0 Å². The number of rotatable bonds is 5. The molecule has 2 atom stereocenters. The molecule has 2 aliphatic rings. The number of nitro groups is 1. The van der Waals surface area contributed by atoms with Crippen LogP contribution in [0, 0.1) is 22.5 Å². The van der Waals surface area contributed by atoms with E-state index >= 15 is 0 Å². The Kier molecular flexibility index (Phi) is 4.82. The van der Waals surface area contributed by atoms with Gasteiger partial charge in [0.25, 0.3) is 11.6 Å². The third-order valence-corrected chi connectivity index (χ3v) is 6.08. The van der Waals surface area contributed by atoms with Gasteiger partial charge in [-0.15, -0.1) is 0 Å². The first-order chi connectivity index (χ1) is 11.9. The number of nitrogens with zero attached hydrogens (tertiary/aromatic N) is 2. The average molecular weight is 346 g/mol. The Labute approximate surface area is 148 Å². The summed E-state index contributed by atoms with van der Waals surface area (Å²) >= 11 is 0. The van der Waals surface area contributed by atoms with Crippen molar-refractivity contribution in [2.75, 3.05) is 13.7 Å². The number of carbonyl (C=O) groups excluding carboxylic acids is 1. The zero-order valence-corrected chi connectivity index (χ0v) is 15.2. The van der Waals surface area contributed by atoms with Crippen molar-refractivity contribution in [2.24, 2.45) is 5.41 Å². The van der Waals surface area contributed by atoms with Crippen molar-refractivity contribution in [3.63, 3.8) is 0 Å². The van der Waals surface area contributed by atoms with Crippen LogP contribution < -0.4 is 0 Å². The number of aryl methyl sites for hydroxylation is 1. The number of ether oxygens (including phenoxy) is 1. The number of hydrogen-bond acceptors (Lipinski definition) is 4. The molecule has 0 aliphatic heterocycles. The van der Waals surface area contributed by atoms with E-state index in [9.17, 15) is 14.9 Å². The molecule has 6 nitrogen and oxygen atoms in total. The van der Waals surface area contributed by atoms with E-state index in [1.54, 1.807) is 37.1 Å². The van der Waals surface area contributed by atoms with Crippen LogP contribution in [0.15, 0.2) is 18.2 Å². The van der Waals surface area contributed by atoms with Gasteiger partial charge in [-0.3, -0.25) is 14.9 Å². The Balaban J connectivity index is 1.87. The highest BCUT2D eigenvalue weighted by Crippen LogP contribution is 2.56. The van der Waals surface area contributed by atoms with Crippen molar-refractivity contribution >= 4 is 11.6 Å². The van der Waals surface area contributed by atoms with Gasteiger partial charge < -0.3 is 9.64 Å². The summed E-state index contributed by atoms with van der Waals surface area (Å²) in [4.78, 5) is 25.7. The number of para-hydroxylation sites is 1. The summed E-state index contributed by atoms with van der Waals surface area (Å²) in [6, 6.07) is 5.03. The van der Waals surface area contributed by atoms with E-state index in [0.29, 0.717) is 12.2 Å². The minimum Gasteiger partial charge on any atom is -0.378 e. The zero-order chi connectivity index (χ0) is 18.2. The van der Waals surface area contributed by atoms with E-state index in [4.69, 9.17) is 4.74 Å². The van der Waals surface area contributed by atoms with Gasteiger partial charge >= 0.3 is 0 Å². The second-order valence-electron chi connectivity index (χ2n) is 7.28. The van der Waals surface area contributed by atoms with Crippen LogP contribution in [0.5, 0.6) is 0 Å². The molecule has 0 heterocycles. The van der Waals surface area contributed by atoms with E-state index in [1.165, 1.54) is 0 Å². The van der Waals surface area contributed by atoms with Crippen LogP contribution in [-0.2, 0) is 4.74 Å². The molecule has 1 amide bonds. The van der Waals surface area contributed by atoms with Crippen molar-refractivity contribution in [3.8, 4) is 0 Å². The lowest BCUT2D eigenvalue weighted by atomic mass is 9.60. The zero-order valence-electron chi connectivity index (χ0n) is 15.2. The molecule has 2 saturated carbocycles. The van der Waals surface area contributed by atoms with Gasteiger partial charge in [-0.25, -0.2) is 0 Å². The Morgan fingerprint density at radius 1 is 1.40 bits per heavy atom. The summed E-state index contributed by atoms with van der Waals surface area (Å²) < 4.78 is 5.92. The minimum absolute atomic E-state index is 0.0268. The quantitative estimate of drug-likeness (QED) is 0.602. The normalized spacial score (nSPS) is 24.1. The van der Waals surface area contributed by atoms with E-state index in [-0.39, 0.29) is 34.7 Å². The Morgan fingerprint density at radius 2 is 2.08 bits per heavy atom. The first-order valence-electron chi connectivity index (χ1n) is 9.05. The summed E-state index contributed by atoms with van der Waals surface area (Å²) in [6.07, 6.45) is 5.47. The standard InChI is InChI=1S/C19H26N2O4/c1-4-25-16-12-15(19(16)10-5-6-11-19)20(3)18(22)14-9-7-8-13(2)17(14)21(23)24/h7-9,15-16H,4-6,10-12H2,1-3H3. The first-order valence-corrected chi connectivity index (χ1v) is 9.05. The number of amides is 1.